The summed E-state index contributed by atoms with van der Waals surface area (Å²) in [6.07, 6.45) is 0.697. The lowest BCUT2D eigenvalue weighted by molar-refractivity contribution is -0.126. The van der Waals surface area contributed by atoms with E-state index in [1.807, 2.05) is 6.92 Å². The maximum atomic E-state index is 13.0. The first-order valence-corrected chi connectivity index (χ1v) is 7.21. The minimum absolute atomic E-state index is 0.0177. The highest BCUT2D eigenvalue weighted by molar-refractivity contribution is 5.94. The van der Waals surface area contributed by atoms with Gasteiger partial charge in [0.1, 0.15) is 5.82 Å². The second-order valence-electron chi connectivity index (χ2n) is 5.54. The predicted molar refractivity (Wildman–Crippen MR) is 79.8 cm³/mol. The minimum Gasteiger partial charge on any atom is -0.369 e. The van der Waals surface area contributed by atoms with Gasteiger partial charge in [0.05, 0.1) is 6.04 Å². The van der Waals surface area contributed by atoms with Gasteiger partial charge in [0, 0.05) is 44.0 Å². The zero-order valence-electron chi connectivity index (χ0n) is 12.1. The van der Waals surface area contributed by atoms with Crippen LogP contribution in [0.4, 0.5) is 10.1 Å². The molecule has 0 spiro atoms. The van der Waals surface area contributed by atoms with Gasteiger partial charge in [0.2, 0.25) is 0 Å². The minimum atomic E-state index is -0.217. The van der Waals surface area contributed by atoms with Gasteiger partial charge in [-0.05, 0) is 31.2 Å². The van der Waals surface area contributed by atoms with Crippen LogP contribution in [0.15, 0.2) is 29.4 Å². The molecule has 1 fully saturated rings. The molecule has 1 aromatic carbocycles. The Morgan fingerprint density at radius 3 is 2.52 bits per heavy atom. The largest absolute Gasteiger partial charge is 0.369 e. The van der Waals surface area contributed by atoms with Crippen molar-refractivity contribution in [3.8, 4) is 0 Å². The van der Waals surface area contributed by atoms with E-state index in [-0.39, 0.29) is 17.8 Å². The molecule has 1 unspecified atom stereocenters. The van der Waals surface area contributed by atoms with E-state index in [9.17, 15) is 9.18 Å². The van der Waals surface area contributed by atoms with Gasteiger partial charge in [-0.2, -0.15) is 5.10 Å². The highest BCUT2D eigenvalue weighted by atomic mass is 19.1. The first-order chi connectivity index (χ1) is 10.1. The normalized spacial score (nSPS) is 23.7. The first kappa shape index (κ1) is 14.0. The molecule has 1 aromatic rings. The molecule has 1 atom stereocenters. The number of halogens is 1. The number of amides is 1. The lowest BCUT2D eigenvalue weighted by Gasteiger charge is -2.40. The molecule has 2 aliphatic rings. The van der Waals surface area contributed by atoms with Crippen molar-refractivity contribution in [1.82, 2.24) is 10.3 Å². The van der Waals surface area contributed by atoms with E-state index in [2.05, 4.69) is 20.3 Å². The predicted octanol–water partition coefficient (Wildman–Crippen LogP) is 1.21. The highest BCUT2D eigenvalue weighted by Gasteiger charge is 2.31. The molecule has 112 valence electrons. The van der Waals surface area contributed by atoms with Crippen molar-refractivity contribution < 1.29 is 9.18 Å². The molecule has 2 heterocycles. The maximum absolute atomic E-state index is 13.0. The molecular weight excluding hydrogens is 271 g/mol. The number of hydrazone groups is 1. The third-order valence-electron chi connectivity index (χ3n) is 4.10. The summed E-state index contributed by atoms with van der Waals surface area (Å²) in [5.74, 6) is -0.234. The fraction of sp³-hybridized carbons (Fsp3) is 0.467. The third-order valence-corrected chi connectivity index (χ3v) is 4.10. The average molecular weight is 290 g/mol. The van der Waals surface area contributed by atoms with E-state index in [0.29, 0.717) is 6.42 Å². The summed E-state index contributed by atoms with van der Waals surface area (Å²) in [5, 5.41) is 3.97. The molecule has 0 aliphatic carbocycles. The van der Waals surface area contributed by atoms with E-state index in [0.717, 1.165) is 37.6 Å². The van der Waals surface area contributed by atoms with Crippen LogP contribution in [-0.4, -0.2) is 48.7 Å². The van der Waals surface area contributed by atoms with Crippen LogP contribution in [0.2, 0.25) is 0 Å². The molecule has 1 amide bonds. The van der Waals surface area contributed by atoms with E-state index < -0.39 is 0 Å². The Morgan fingerprint density at radius 2 is 1.86 bits per heavy atom. The molecule has 0 bridgehead atoms. The molecular formula is C15H19FN4O. The Bertz CT molecular complexity index is 549. The van der Waals surface area contributed by atoms with Gasteiger partial charge in [0.15, 0.2) is 0 Å². The number of benzene rings is 1. The van der Waals surface area contributed by atoms with Gasteiger partial charge in [-0.3, -0.25) is 9.69 Å². The topological polar surface area (TPSA) is 47.9 Å². The van der Waals surface area contributed by atoms with Crippen molar-refractivity contribution in [3.63, 3.8) is 0 Å². The van der Waals surface area contributed by atoms with Crippen LogP contribution in [0.25, 0.3) is 0 Å². The molecule has 3 rings (SSSR count). The Balaban J connectivity index is 1.61. The molecule has 6 heteroatoms. The number of carbonyl (C=O) groups is 1. The smallest absolute Gasteiger partial charge is 0.257 e. The molecule has 2 aliphatic heterocycles. The van der Waals surface area contributed by atoms with Crippen molar-refractivity contribution >= 4 is 17.3 Å². The highest BCUT2D eigenvalue weighted by Crippen LogP contribution is 2.19. The molecule has 0 saturated carbocycles. The van der Waals surface area contributed by atoms with Gasteiger partial charge < -0.3 is 4.90 Å². The summed E-state index contributed by atoms with van der Waals surface area (Å²) in [7, 11) is 0. The zero-order valence-corrected chi connectivity index (χ0v) is 12.1. The fourth-order valence-corrected chi connectivity index (χ4v) is 2.88. The quantitative estimate of drug-likeness (QED) is 0.890. The molecule has 5 nitrogen and oxygen atoms in total. The number of hydrogen-bond acceptors (Lipinski definition) is 4. The van der Waals surface area contributed by atoms with Crippen molar-refractivity contribution in [2.45, 2.75) is 19.4 Å². The molecule has 1 N–H and O–H groups in total. The SMILES string of the molecule is CC1=NNC(=O)C(N2CCN(c3ccc(F)cc3)CC2)C1. The molecule has 21 heavy (non-hydrogen) atoms. The Hall–Kier alpha value is -1.95. The summed E-state index contributed by atoms with van der Waals surface area (Å²) in [6.45, 7) is 5.25. The van der Waals surface area contributed by atoms with Crippen molar-refractivity contribution in [3.05, 3.63) is 30.1 Å². The van der Waals surface area contributed by atoms with Crippen LogP contribution in [0, 0.1) is 5.82 Å². The molecule has 1 saturated heterocycles. The number of hydrogen-bond donors (Lipinski definition) is 1. The Morgan fingerprint density at radius 1 is 1.19 bits per heavy atom. The van der Waals surface area contributed by atoms with Crippen LogP contribution < -0.4 is 10.3 Å². The number of rotatable bonds is 2. The lowest BCUT2D eigenvalue weighted by Crippen LogP contribution is -2.56. The zero-order chi connectivity index (χ0) is 14.8. The van der Waals surface area contributed by atoms with Gasteiger partial charge >= 0.3 is 0 Å². The number of nitrogens with zero attached hydrogens (tertiary/aromatic N) is 3. The maximum Gasteiger partial charge on any atom is 0.257 e. The average Bonchev–Trinajstić information content (AvgIpc) is 2.51. The van der Waals surface area contributed by atoms with E-state index in [1.165, 1.54) is 12.1 Å². The summed E-state index contributed by atoms with van der Waals surface area (Å²) in [4.78, 5) is 16.3. The van der Waals surface area contributed by atoms with Crippen LogP contribution in [0.3, 0.4) is 0 Å². The number of piperazine rings is 1. The first-order valence-electron chi connectivity index (χ1n) is 7.21. The number of nitrogens with one attached hydrogen (secondary N) is 1. The van der Waals surface area contributed by atoms with Gasteiger partial charge in [-0.1, -0.05) is 0 Å². The standard InChI is InChI=1S/C15H19FN4O/c1-11-10-14(15(21)18-17-11)20-8-6-19(7-9-20)13-4-2-12(16)3-5-13/h2-5,14H,6-10H2,1H3,(H,18,21). The van der Waals surface area contributed by atoms with Crippen molar-refractivity contribution in [2.24, 2.45) is 5.10 Å². The second kappa shape index (κ2) is 5.81. The number of carbonyl (C=O) groups excluding carboxylic acids is 1. The molecule has 0 radical (unpaired) electrons. The fourth-order valence-electron chi connectivity index (χ4n) is 2.88. The number of anilines is 1. The van der Waals surface area contributed by atoms with Gasteiger partial charge in [-0.15, -0.1) is 0 Å². The van der Waals surface area contributed by atoms with Gasteiger partial charge in [-0.25, -0.2) is 9.82 Å². The van der Waals surface area contributed by atoms with Crippen LogP contribution in [0.5, 0.6) is 0 Å². The van der Waals surface area contributed by atoms with Crippen molar-refractivity contribution in [2.75, 3.05) is 31.1 Å². The van der Waals surface area contributed by atoms with Crippen molar-refractivity contribution in [1.29, 1.82) is 0 Å². The van der Waals surface area contributed by atoms with Gasteiger partial charge in [0.25, 0.3) is 5.91 Å². The van der Waals surface area contributed by atoms with Crippen LogP contribution in [-0.2, 0) is 4.79 Å². The summed E-state index contributed by atoms with van der Waals surface area (Å²) >= 11 is 0. The van der Waals surface area contributed by atoms with E-state index in [4.69, 9.17) is 0 Å². The summed E-state index contributed by atoms with van der Waals surface area (Å²) in [5.41, 5.74) is 4.57. The van der Waals surface area contributed by atoms with Crippen LogP contribution >= 0.6 is 0 Å². The molecule has 0 aromatic heterocycles. The Kier molecular flexibility index (Phi) is 3.88. The summed E-state index contributed by atoms with van der Waals surface area (Å²) < 4.78 is 13.0. The monoisotopic (exact) mass is 290 g/mol. The summed E-state index contributed by atoms with van der Waals surface area (Å²) in [6, 6.07) is 6.45. The Labute approximate surface area is 123 Å². The lowest BCUT2D eigenvalue weighted by atomic mass is 10.1. The second-order valence-corrected chi connectivity index (χ2v) is 5.54. The van der Waals surface area contributed by atoms with E-state index in [1.54, 1.807) is 12.1 Å². The van der Waals surface area contributed by atoms with E-state index >= 15 is 0 Å². The van der Waals surface area contributed by atoms with Crippen LogP contribution in [0.1, 0.15) is 13.3 Å². The third kappa shape index (κ3) is 3.05.